The lowest BCUT2D eigenvalue weighted by atomic mass is 11.6. The van der Waals surface area contributed by atoms with E-state index in [1.54, 1.807) is 0 Å². The summed E-state index contributed by atoms with van der Waals surface area (Å²) >= 11 is 0. The third-order valence-electron chi connectivity index (χ3n) is 0.0957. The van der Waals surface area contributed by atoms with Gasteiger partial charge in [0, 0.05) is 0 Å². The minimum atomic E-state index is -0.463. The highest BCUT2D eigenvalue weighted by Crippen LogP contribution is 1.85. The average molecular weight is 91.0 g/mol. The van der Waals surface area contributed by atoms with Gasteiger partial charge in [0.05, 0.1) is 0 Å². The van der Waals surface area contributed by atoms with E-state index >= 15 is 0 Å². The normalized spacial score (nSPS) is 7.20. The fourth-order valence-electron chi connectivity index (χ4n) is 0.0215. The molecule has 0 aromatic carbocycles. The maximum absolute atomic E-state index is 9.13. The van der Waals surface area contributed by atoms with Gasteiger partial charge in [-0.1, -0.05) is 0 Å². The molecular formula is CH2NO2P. The van der Waals surface area contributed by atoms with Gasteiger partial charge in [0.1, 0.15) is 0 Å². The van der Waals surface area contributed by atoms with Crippen molar-refractivity contribution in [1.82, 2.24) is 0 Å². The van der Waals surface area contributed by atoms with Crippen molar-refractivity contribution in [1.29, 1.82) is 5.41 Å². The van der Waals surface area contributed by atoms with Crippen molar-refractivity contribution >= 4 is 15.1 Å². The molecule has 28 valence electrons. The summed E-state index contributed by atoms with van der Waals surface area (Å²) in [6.45, 7) is 0. The summed E-state index contributed by atoms with van der Waals surface area (Å²) in [6, 6.07) is 0. The number of rotatable bonds is 2. The fraction of sp³-hybridized carbons (Fsp3) is 0. The molecule has 0 aliphatic carbocycles. The van der Waals surface area contributed by atoms with E-state index in [0.29, 0.717) is 6.40 Å². The number of hydrogen-bond donors (Lipinski definition) is 1. The smallest absolute Gasteiger partial charge is 0.396 e. The maximum Gasteiger partial charge on any atom is 0.396 e. The summed E-state index contributed by atoms with van der Waals surface area (Å²) in [5.41, 5.74) is 0. The van der Waals surface area contributed by atoms with E-state index in [9.17, 15) is 0 Å². The van der Waals surface area contributed by atoms with Crippen LogP contribution >= 0.6 is 8.69 Å². The second kappa shape index (κ2) is 3.57. The summed E-state index contributed by atoms with van der Waals surface area (Å²) in [6.07, 6.45) is 0.606. The molecule has 0 fully saturated rings. The van der Waals surface area contributed by atoms with Crippen LogP contribution in [0.5, 0.6) is 0 Å². The molecule has 1 N–H and O–H groups in total. The Morgan fingerprint density at radius 3 is 2.60 bits per heavy atom. The van der Waals surface area contributed by atoms with E-state index in [0.717, 1.165) is 0 Å². The van der Waals surface area contributed by atoms with Gasteiger partial charge in [0.25, 0.3) is 0 Å². The van der Waals surface area contributed by atoms with Crippen molar-refractivity contribution in [2.75, 3.05) is 0 Å². The SMILES string of the molecule is N=COP=O. The minimum Gasteiger partial charge on any atom is -0.396 e. The van der Waals surface area contributed by atoms with E-state index in [2.05, 4.69) is 4.52 Å². The van der Waals surface area contributed by atoms with Gasteiger partial charge in [0.15, 0.2) is 6.40 Å². The van der Waals surface area contributed by atoms with E-state index in [4.69, 9.17) is 9.97 Å². The third kappa shape index (κ3) is 3.57. The molecule has 0 atom stereocenters. The van der Waals surface area contributed by atoms with Crippen LogP contribution in [-0.4, -0.2) is 6.40 Å². The average Bonchev–Trinajstić information content (AvgIpc) is 1.41. The van der Waals surface area contributed by atoms with Gasteiger partial charge in [-0.25, -0.2) is 4.57 Å². The summed E-state index contributed by atoms with van der Waals surface area (Å²) in [4.78, 5) is 0. The number of hydrogen-bond acceptors (Lipinski definition) is 3. The van der Waals surface area contributed by atoms with Gasteiger partial charge in [-0.2, -0.15) is 0 Å². The first kappa shape index (κ1) is 4.57. The summed E-state index contributed by atoms with van der Waals surface area (Å²) in [5.74, 6) is 0. The third-order valence-corrected chi connectivity index (χ3v) is 0.287. The lowest BCUT2D eigenvalue weighted by Crippen LogP contribution is -1.56. The topological polar surface area (TPSA) is 50.1 Å². The predicted molar refractivity (Wildman–Crippen MR) is 17.5 cm³/mol. The van der Waals surface area contributed by atoms with Gasteiger partial charge < -0.3 is 4.52 Å². The van der Waals surface area contributed by atoms with Crippen molar-refractivity contribution in [3.05, 3.63) is 0 Å². The Labute approximate surface area is 30.7 Å². The highest BCUT2D eigenvalue weighted by atomic mass is 31.1. The molecule has 0 spiro atoms. The molecule has 3 nitrogen and oxygen atoms in total. The standard InChI is InChI=1S/CH2NO2P/c2-1-4-5-3/h1-2H. The van der Waals surface area contributed by atoms with Crippen LogP contribution in [0.4, 0.5) is 0 Å². The van der Waals surface area contributed by atoms with Crippen molar-refractivity contribution < 1.29 is 9.09 Å². The zero-order chi connectivity index (χ0) is 4.12. The zero-order valence-electron chi connectivity index (χ0n) is 2.34. The fourth-order valence-corrected chi connectivity index (χ4v) is 0.0645. The maximum atomic E-state index is 9.13. The van der Waals surface area contributed by atoms with E-state index < -0.39 is 8.69 Å². The van der Waals surface area contributed by atoms with Crippen molar-refractivity contribution in [2.24, 2.45) is 0 Å². The summed E-state index contributed by atoms with van der Waals surface area (Å²) in [5, 5.41) is 6.05. The minimum absolute atomic E-state index is 0.463. The second-order valence-electron chi connectivity index (χ2n) is 0.298. The van der Waals surface area contributed by atoms with E-state index in [1.165, 1.54) is 0 Å². The predicted octanol–water partition coefficient (Wildman–Crippen LogP) is 0.817. The largest absolute Gasteiger partial charge is 0.396 e. The molecule has 0 rings (SSSR count). The lowest BCUT2D eigenvalue weighted by molar-refractivity contribution is 0.530. The summed E-state index contributed by atoms with van der Waals surface area (Å²) in [7, 11) is -0.463. The Morgan fingerprint density at radius 2 is 2.60 bits per heavy atom. The van der Waals surface area contributed by atoms with Gasteiger partial charge in [-0.05, 0) is 0 Å². The molecule has 4 heteroatoms. The van der Waals surface area contributed by atoms with Crippen LogP contribution in [0.1, 0.15) is 0 Å². The molecule has 0 bridgehead atoms. The Balaban J connectivity index is 2.65. The molecule has 0 aliphatic rings. The highest BCUT2D eigenvalue weighted by molar-refractivity contribution is 7.18. The molecule has 0 unspecified atom stereocenters. The first-order valence-electron chi connectivity index (χ1n) is 0.890. The Kier molecular flexibility index (Phi) is 3.26. The first-order valence-corrected chi connectivity index (χ1v) is 1.62. The van der Waals surface area contributed by atoms with Gasteiger partial charge >= 0.3 is 8.69 Å². The Bertz CT molecular complexity index is 38.9. The van der Waals surface area contributed by atoms with Crippen LogP contribution in [-0.2, 0) is 9.09 Å². The van der Waals surface area contributed by atoms with Crippen molar-refractivity contribution in [2.45, 2.75) is 0 Å². The van der Waals surface area contributed by atoms with Gasteiger partial charge in [-0.15, -0.1) is 0 Å². The van der Waals surface area contributed by atoms with Crippen LogP contribution in [0.15, 0.2) is 0 Å². The molecule has 0 saturated carbocycles. The van der Waals surface area contributed by atoms with Crippen LogP contribution in [0, 0.1) is 5.41 Å². The second-order valence-corrected chi connectivity index (χ2v) is 0.658. The molecular weight excluding hydrogens is 89.0 g/mol. The van der Waals surface area contributed by atoms with Crippen molar-refractivity contribution in [3.8, 4) is 0 Å². The summed E-state index contributed by atoms with van der Waals surface area (Å²) < 4.78 is 12.9. The van der Waals surface area contributed by atoms with Gasteiger partial charge in [0.2, 0.25) is 0 Å². The lowest BCUT2D eigenvalue weighted by Gasteiger charge is -1.66. The molecule has 0 radical (unpaired) electrons. The molecule has 0 heterocycles. The van der Waals surface area contributed by atoms with E-state index in [1.807, 2.05) is 0 Å². The molecule has 0 aromatic heterocycles. The van der Waals surface area contributed by atoms with Crippen LogP contribution in [0.3, 0.4) is 0 Å². The van der Waals surface area contributed by atoms with Crippen LogP contribution < -0.4 is 0 Å². The van der Waals surface area contributed by atoms with Gasteiger partial charge in [-0.3, -0.25) is 5.41 Å². The quantitative estimate of drug-likeness (QED) is 0.310. The van der Waals surface area contributed by atoms with Crippen molar-refractivity contribution in [3.63, 3.8) is 0 Å². The number of nitrogens with one attached hydrogen (secondary N) is 1. The molecule has 0 aliphatic heterocycles. The molecule has 5 heavy (non-hydrogen) atoms. The zero-order valence-corrected chi connectivity index (χ0v) is 3.24. The Hall–Kier alpha value is -0.430. The first-order chi connectivity index (χ1) is 2.41. The highest BCUT2D eigenvalue weighted by Gasteiger charge is 1.59. The van der Waals surface area contributed by atoms with Crippen LogP contribution in [0.2, 0.25) is 0 Å². The monoisotopic (exact) mass is 91.0 g/mol. The molecule has 0 aromatic rings. The Morgan fingerprint density at radius 1 is 2.00 bits per heavy atom. The van der Waals surface area contributed by atoms with Crippen LogP contribution in [0.25, 0.3) is 0 Å². The van der Waals surface area contributed by atoms with E-state index in [-0.39, 0.29) is 0 Å². The molecule has 0 amide bonds. The molecule has 0 saturated heterocycles.